The Hall–Kier alpha value is 0.310. The fourth-order valence-electron chi connectivity index (χ4n) is 1.84. The van der Waals surface area contributed by atoms with E-state index in [1.807, 2.05) is 0 Å². The lowest BCUT2D eigenvalue weighted by molar-refractivity contribution is 0.165. The van der Waals surface area contributed by atoms with Gasteiger partial charge in [-0.05, 0) is 43.0 Å². The molecule has 0 amide bonds. The first-order valence-electron chi connectivity index (χ1n) is 6.28. The van der Waals surface area contributed by atoms with Gasteiger partial charge in [-0.1, -0.05) is 34.6 Å². The molecule has 0 heterocycles. The minimum absolute atomic E-state index is 0.376. The minimum Gasteiger partial charge on any atom is -0.303 e. The van der Waals surface area contributed by atoms with Gasteiger partial charge in [-0.2, -0.15) is 12.6 Å². The van der Waals surface area contributed by atoms with Crippen LogP contribution in [0.3, 0.4) is 0 Å². The average Bonchev–Trinajstić information content (AvgIpc) is 2.12. The largest absolute Gasteiger partial charge is 0.303 e. The van der Waals surface area contributed by atoms with Gasteiger partial charge in [0, 0.05) is 6.54 Å². The summed E-state index contributed by atoms with van der Waals surface area (Å²) in [6.07, 6.45) is 2.51. The van der Waals surface area contributed by atoms with Crippen molar-refractivity contribution in [2.45, 2.75) is 47.5 Å². The third-order valence-corrected chi connectivity index (χ3v) is 3.44. The predicted molar refractivity (Wildman–Crippen MR) is 73.8 cm³/mol. The van der Waals surface area contributed by atoms with Crippen LogP contribution >= 0.6 is 12.6 Å². The lowest BCUT2D eigenvalue weighted by Gasteiger charge is -2.34. The molecule has 0 aliphatic heterocycles. The molecule has 0 aliphatic carbocycles. The summed E-state index contributed by atoms with van der Waals surface area (Å²) in [4.78, 5) is 2.59. The zero-order valence-corrected chi connectivity index (χ0v) is 12.1. The highest BCUT2D eigenvalue weighted by Gasteiger charge is 2.24. The average molecular weight is 231 g/mol. The quantitative estimate of drug-likeness (QED) is 0.654. The number of hydrogen-bond acceptors (Lipinski definition) is 2. The molecule has 0 aromatic rings. The molecule has 15 heavy (non-hydrogen) atoms. The zero-order valence-electron chi connectivity index (χ0n) is 11.2. The smallest absolute Gasteiger partial charge is 0.00225 e. The van der Waals surface area contributed by atoms with Crippen molar-refractivity contribution in [2.24, 2.45) is 11.3 Å². The molecule has 0 N–H and O–H groups in total. The summed E-state index contributed by atoms with van der Waals surface area (Å²) >= 11 is 4.49. The van der Waals surface area contributed by atoms with Crippen LogP contribution in [-0.2, 0) is 0 Å². The van der Waals surface area contributed by atoms with E-state index in [4.69, 9.17) is 0 Å². The van der Waals surface area contributed by atoms with E-state index in [-0.39, 0.29) is 0 Å². The molecule has 0 aromatic heterocycles. The van der Waals surface area contributed by atoms with Gasteiger partial charge in [-0.25, -0.2) is 0 Å². The summed E-state index contributed by atoms with van der Waals surface area (Å²) in [5.74, 6) is 1.69. The number of thiol groups is 1. The molecule has 0 aromatic carbocycles. The lowest BCUT2D eigenvalue weighted by atomic mass is 9.81. The molecular weight excluding hydrogens is 202 g/mol. The first-order valence-corrected chi connectivity index (χ1v) is 6.92. The molecular formula is C13H29NS. The topological polar surface area (TPSA) is 3.24 Å². The van der Waals surface area contributed by atoms with Crippen molar-refractivity contribution in [2.75, 3.05) is 25.4 Å². The summed E-state index contributed by atoms with van der Waals surface area (Å²) in [6.45, 7) is 15.2. The normalized spacial score (nSPS) is 14.6. The van der Waals surface area contributed by atoms with Gasteiger partial charge >= 0.3 is 0 Å². The molecule has 0 aliphatic rings. The van der Waals surface area contributed by atoms with E-state index in [1.54, 1.807) is 0 Å². The van der Waals surface area contributed by atoms with Gasteiger partial charge in [0.2, 0.25) is 0 Å². The van der Waals surface area contributed by atoms with Crippen LogP contribution in [0.1, 0.15) is 47.5 Å². The Morgan fingerprint density at radius 2 is 1.53 bits per heavy atom. The van der Waals surface area contributed by atoms with Crippen LogP contribution in [0, 0.1) is 11.3 Å². The zero-order chi connectivity index (χ0) is 11.9. The number of rotatable bonds is 7. The van der Waals surface area contributed by atoms with Crippen LogP contribution in [0.2, 0.25) is 0 Å². The van der Waals surface area contributed by atoms with E-state index in [2.05, 4.69) is 52.1 Å². The summed E-state index contributed by atoms with van der Waals surface area (Å²) in [6, 6.07) is 0. The summed E-state index contributed by atoms with van der Waals surface area (Å²) < 4.78 is 0. The predicted octanol–water partition coefficient (Wildman–Crippen LogP) is 3.70. The highest BCUT2D eigenvalue weighted by molar-refractivity contribution is 7.80. The maximum absolute atomic E-state index is 4.49. The van der Waals surface area contributed by atoms with Gasteiger partial charge in [-0.15, -0.1) is 0 Å². The monoisotopic (exact) mass is 231 g/mol. The van der Waals surface area contributed by atoms with Gasteiger partial charge in [0.15, 0.2) is 0 Å². The second-order valence-electron chi connectivity index (χ2n) is 5.55. The lowest BCUT2D eigenvalue weighted by Crippen LogP contribution is -2.37. The van der Waals surface area contributed by atoms with Crippen LogP contribution in [-0.4, -0.2) is 30.3 Å². The highest BCUT2D eigenvalue weighted by Crippen LogP contribution is 2.27. The fraction of sp³-hybridized carbons (Fsp3) is 1.00. The van der Waals surface area contributed by atoms with E-state index < -0.39 is 0 Å². The van der Waals surface area contributed by atoms with E-state index in [0.29, 0.717) is 11.3 Å². The van der Waals surface area contributed by atoms with Crippen molar-refractivity contribution >= 4 is 12.6 Å². The fourth-order valence-corrected chi connectivity index (χ4v) is 2.51. The van der Waals surface area contributed by atoms with Crippen LogP contribution in [0.15, 0.2) is 0 Å². The Morgan fingerprint density at radius 3 is 1.80 bits per heavy atom. The maximum Gasteiger partial charge on any atom is 0.00225 e. The SMILES string of the molecule is CCCN(CCC)CC(CS)C(C)(C)C. The number of nitrogens with zero attached hydrogens (tertiary/aromatic N) is 1. The third kappa shape index (κ3) is 6.47. The van der Waals surface area contributed by atoms with Gasteiger partial charge in [0.1, 0.15) is 0 Å². The van der Waals surface area contributed by atoms with E-state index >= 15 is 0 Å². The van der Waals surface area contributed by atoms with Gasteiger partial charge in [-0.3, -0.25) is 0 Å². The molecule has 0 radical (unpaired) electrons. The molecule has 1 nitrogen and oxygen atoms in total. The Balaban J connectivity index is 4.21. The molecule has 0 spiro atoms. The molecule has 0 bridgehead atoms. The van der Waals surface area contributed by atoms with Crippen molar-refractivity contribution in [3.63, 3.8) is 0 Å². The minimum atomic E-state index is 0.376. The molecule has 1 unspecified atom stereocenters. The van der Waals surface area contributed by atoms with Crippen LogP contribution in [0.4, 0.5) is 0 Å². The molecule has 0 rings (SSSR count). The van der Waals surface area contributed by atoms with Crippen LogP contribution in [0.5, 0.6) is 0 Å². The van der Waals surface area contributed by atoms with E-state index in [1.165, 1.54) is 32.5 Å². The van der Waals surface area contributed by atoms with Crippen LogP contribution < -0.4 is 0 Å². The molecule has 0 saturated heterocycles. The van der Waals surface area contributed by atoms with Gasteiger partial charge in [0.25, 0.3) is 0 Å². The van der Waals surface area contributed by atoms with Crippen molar-refractivity contribution in [1.29, 1.82) is 0 Å². The van der Waals surface area contributed by atoms with Gasteiger partial charge < -0.3 is 4.90 Å². The summed E-state index contributed by atoms with van der Waals surface area (Å²) in [5.41, 5.74) is 0.376. The van der Waals surface area contributed by atoms with Crippen LogP contribution in [0.25, 0.3) is 0 Å². The molecule has 0 fully saturated rings. The van der Waals surface area contributed by atoms with Crippen molar-refractivity contribution in [3.05, 3.63) is 0 Å². The van der Waals surface area contributed by atoms with Crippen molar-refractivity contribution < 1.29 is 0 Å². The standard InChI is InChI=1S/C13H29NS/c1-6-8-14(9-7-2)10-12(11-15)13(3,4)5/h12,15H,6-11H2,1-5H3. The van der Waals surface area contributed by atoms with Crippen molar-refractivity contribution in [1.82, 2.24) is 4.90 Å². The highest BCUT2D eigenvalue weighted by atomic mass is 32.1. The third-order valence-electron chi connectivity index (χ3n) is 3.00. The Morgan fingerprint density at radius 1 is 1.07 bits per heavy atom. The second kappa shape index (κ2) is 7.56. The Kier molecular flexibility index (Phi) is 7.72. The van der Waals surface area contributed by atoms with Gasteiger partial charge in [0.05, 0.1) is 0 Å². The number of hydrogen-bond donors (Lipinski definition) is 1. The summed E-state index contributed by atoms with van der Waals surface area (Å²) in [5, 5.41) is 0. The Bertz CT molecular complexity index is 145. The molecule has 92 valence electrons. The van der Waals surface area contributed by atoms with E-state index in [0.717, 1.165) is 5.75 Å². The Labute approximate surface area is 102 Å². The second-order valence-corrected chi connectivity index (χ2v) is 5.91. The molecule has 0 saturated carbocycles. The van der Waals surface area contributed by atoms with E-state index in [9.17, 15) is 0 Å². The molecule has 2 heteroatoms. The maximum atomic E-state index is 4.49. The molecule has 1 atom stereocenters. The first-order chi connectivity index (χ1) is 6.95. The first kappa shape index (κ1) is 15.3. The summed E-state index contributed by atoms with van der Waals surface area (Å²) in [7, 11) is 0. The van der Waals surface area contributed by atoms with Crippen molar-refractivity contribution in [3.8, 4) is 0 Å².